The Kier molecular flexibility index (Phi) is 9.69. The van der Waals surface area contributed by atoms with Crippen molar-refractivity contribution in [2.75, 3.05) is 45.1 Å². The van der Waals surface area contributed by atoms with Crippen LogP contribution in [0.1, 0.15) is 40.5 Å². The van der Waals surface area contributed by atoms with Gasteiger partial charge in [0.2, 0.25) is 0 Å². The van der Waals surface area contributed by atoms with Crippen LogP contribution in [0.2, 0.25) is 0 Å². The summed E-state index contributed by atoms with van der Waals surface area (Å²) in [5, 5.41) is 5.67. The van der Waals surface area contributed by atoms with E-state index < -0.39 is 6.09 Å². The second-order valence-corrected chi connectivity index (χ2v) is 9.65. The smallest absolute Gasteiger partial charge is 0.411 e. The number of hydrogen-bond acceptors (Lipinski definition) is 5. The highest BCUT2D eigenvalue weighted by molar-refractivity contribution is 5.99. The summed E-state index contributed by atoms with van der Waals surface area (Å²) in [6, 6.07) is 24.4. The van der Waals surface area contributed by atoms with E-state index >= 15 is 0 Å². The Hall–Kier alpha value is -4.17. The van der Waals surface area contributed by atoms with Crippen LogP contribution >= 0.6 is 0 Å². The molecule has 3 aromatic carbocycles. The van der Waals surface area contributed by atoms with E-state index in [2.05, 4.69) is 15.5 Å². The van der Waals surface area contributed by atoms with Gasteiger partial charge in [-0.2, -0.15) is 0 Å². The minimum atomic E-state index is -0.447. The molecule has 1 aliphatic heterocycles. The maximum Gasteiger partial charge on any atom is 0.411 e. The summed E-state index contributed by atoms with van der Waals surface area (Å²) in [6.07, 6.45) is 0.874. The van der Waals surface area contributed by atoms with Gasteiger partial charge in [-0.25, -0.2) is 4.79 Å². The third kappa shape index (κ3) is 7.67. The number of carbonyl (C=O) groups excluding carboxylic acids is 3. The SMILES string of the molecule is CCNC(=O)c1cccc(C(=O)N(C)CCN2CCC(OC(=O)Nc3ccccc3-c3ccccc3)CC2)c1. The number of amides is 3. The summed E-state index contributed by atoms with van der Waals surface area (Å²) in [6.45, 7) is 5.25. The van der Waals surface area contributed by atoms with Gasteiger partial charge in [-0.05, 0) is 49.6 Å². The van der Waals surface area contributed by atoms with E-state index in [1.807, 2.05) is 61.5 Å². The fourth-order valence-electron chi connectivity index (χ4n) is 4.67. The van der Waals surface area contributed by atoms with Crippen LogP contribution in [0.5, 0.6) is 0 Å². The second kappa shape index (κ2) is 13.6. The minimum Gasteiger partial charge on any atom is -0.446 e. The molecule has 0 saturated carbocycles. The van der Waals surface area contributed by atoms with Crippen molar-refractivity contribution in [1.29, 1.82) is 0 Å². The molecule has 0 bridgehead atoms. The van der Waals surface area contributed by atoms with Crippen molar-refractivity contribution >= 4 is 23.6 Å². The zero-order chi connectivity index (χ0) is 27.6. The first-order valence-corrected chi connectivity index (χ1v) is 13.4. The van der Waals surface area contributed by atoms with Gasteiger partial charge >= 0.3 is 6.09 Å². The van der Waals surface area contributed by atoms with Crippen molar-refractivity contribution in [3.05, 3.63) is 90.0 Å². The van der Waals surface area contributed by atoms with E-state index in [-0.39, 0.29) is 17.9 Å². The van der Waals surface area contributed by atoms with Gasteiger partial charge in [0.05, 0.1) is 5.69 Å². The molecule has 1 saturated heterocycles. The summed E-state index contributed by atoms with van der Waals surface area (Å²) in [5.41, 5.74) is 3.66. The number of anilines is 1. The van der Waals surface area contributed by atoms with Gasteiger partial charge in [0.1, 0.15) is 6.10 Å². The molecule has 0 unspecified atom stereocenters. The third-order valence-electron chi connectivity index (χ3n) is 6.86. The average molecular weight is 529 g/mol. The summed E-state index contributed by atoms with van der Waals surface area (Å²) < 4.78 is 5.73. The number of ether oxygens (including phenoxy) is 1. The normalized spacial score (nSPS) is 13.9. The maximum atomic E-state index is 12.9. The molecule has 1 heterocycles. The molecule has 0 spiro atoms. The molecule has 3 aromatic rings. The molecule has 3 amide bonds. The minimum absolute atomic E-state index is 0.119. The number of nitrogens with zero attached hydrogens (tertiary/aromatic N) is 2. The fourth-order valence-corrected chi connectivity index (χ4v) is 4.67. The number of likely N-dealkylation sites (tertiary alicyclic amines) is 1. The number of benzene rings is 3. The highest BCUT2D eigenvalue weighted by atomic mass is 16.6. The zero-order valence-corrected chi connectivity index (χ0v) is 22.6. The number of nitrogens with one attached hydrogen (secondary N) is 2. The molecule has 0 aliphatic carbocycles. The molecule has 1 fully saturated rings. The first kappa shape index (κ1) is 27.9. The van der Waals surface area contributed by atoms with E-state index in [0.717, 1.165) is 49.3 Å². The molecule has 8 nitrogen and oxygen atoms in total. The molecule has 8 heteroatoms. The van der Waals surface area contributed by atoms with Crippen molar-refractivity contribution < 1.29 is 19.1 Å². The van der Waals surface area contributed by atoms with Crippen LogP contribution in [0.15, 0.2) is 78.9 Å². The Morgan fingerprint density at radius 3 is 2.36 bits per heavy atom. The summed E-state index contributed by atoms with van der Waals surface area (Å²) in [4.78, 5) is 41.6. The highest BCUT2D eigenvalue weighted by Crippen LogP contribution is 2.28. The standard InChI is InChI=1S/C31H36N4O4/c1-3-32-29(36)24-12-9-13-25(22-24)30(37)34(2)20-21-35-18-16-26(17-19-35)39-31(38)33-28-15-8-7-14-27(28)23-10-5-4-6-11-23/h4-15,22,26H,3,16-21H2,1-2H3,(H,32,36)(H,33,38). The molecular formula is C31H36N4O4. The first-order valence-electron chi connectivity index (χ1n) is 13.4. The number of para-hydroxylation sites is 1. The topological polar surface area (TPSA) is 91.0 Å². The Morgan fingerprint density at radius 2 is 1.62 bits per heavy atom. The van der Waals surface area contributed by atoms with Crippen LogP contribution in [0.3, 0.4) is 0 Å². The largest absolute Gasteiger partial charge is 0.446 e. The number of likely N-dealkylation sites (N-methyl/N-ethyl adjacent to an activating group) is 1. The van der Waals surface area contributed by atoms with Crippen LogP contribution in [-0.2, 0) is 4.74 Å². The van der Waals surface area contributed by atoms with Crippen molar-refractivity contribution in [2.24, 2.45) is 0 Å². The molecule has 39 heavy (non-hydrogen) atoms. The molecule has 0 atom stereocenters. The Balaban J connectivity index is 1.22. The van der Waals surface area contributed by atoms with Crippen molar-refractivity contribution in [2.45, 2.75) is 25.9 Å². The van der Waals surface area contributed by atoms with Crippen molar-refractivity contribution in [3.8, 4) is 11.1 Å². The maximum absolute atomic E-state index is 12.9. The van der Waals surface area contributed by atoms with Crippen molar-refractivity contribution in [1.82, 2.24) is 15.1 Å². The summed E-state index contributed by atoms with van der Waals surface area (Å²) >= 11 is 0. The van der Waals surface area contributed by atoms with Crippen LogP contribution in [0.4, 0.5) is 10.5 Å². The fraction of sp³-hybridized carbons (Fsp3) is 0.323. The zero-order valence-electron chi connectivity index (χ0n) is 22.6. The van der Waals surface area contributed by atoms with E-state index in [9.17, 15) is 14.4 Å². The van der Waals surface area contributed by atoms with E-state index in [1.54, 1.807) is 36.2 Å². The van der Waals surface area contributed by atoms with Gasteiger partial charge in [0.15, 0.2) is 0 Å². The number of hydrogen-bond donors (Lipinski definition) is 2. The van der Waals surface area contributed by atoms with Crippen LogP contribution in [0, 0.1) is 0 Å². The predicted molar refractivity (Wildman–Crippen MR) is 153 cm³/mol. The number of carbonyl (C=O) groups is 3. The highest BCUT2D eigenvalue weighted by Gasteiger charge is 2.23. The summed E-state index contributed by atoms with van der Waals surface area (Å²) in [7, 11) is 1.77. The predicted octanol–water partition coefficient (Wildman–Crippen LogP) is 4.89. The lowest BCUT2D eigenvalue weighted by atomic mass is 10.0. The Labute approximate surface area is 230 Å². The Bertz CT molecular complexity index is 1270. The van der Waals surface area contributed by atoms with Gasteiger partial charge in [-0.15, -0.1) is 0 Å². The first-order chi connectivity index (χ1) is 18.9. The molecular weight excluding hydrogens is 492 g/mol. The molecule has 0 radical (unpaired) electrons. The van der Waals surface area contributed by atoms with Gasteiger partial charge in [-0.3, -0.25) is 14.9 Å². The molecule has 1 aliphatic rings. The monoisotopic (exact) mass is 528 g/mol. The lowest BCUT2D eigenvalue weighted by Crippen LogP contribution is -2.42. The lowest BCUT2D eigenvalue weighted by molar-refractivity contribution is 0.0540. The van der Waals surface area contributed by atoms with E-state index in [1.165, 1.54) is 0 Å². The molecule has 4 rings (SSSR count). The van der Waals surface area contributed by atoms with Crippen LogP contribution < -0.4 is 10.6 Å². The van der Waals surface area contributed by atoms with Gasteiger partial charge in [0.25, 0.3) is 11.8 Å². The molecule has 204 valence electrons. The number of rotatable bonds is 9. The quantitative estimate of drug-likeness (QED) is 0.413. The van der Waals surface area contributed by atoms with Gasteiger partial charge in [0, 0.05) is 56.5 Å². The lowest BCUT2D eigenvalue weighted by Gasteiger charge is -2.32. The average Bonchev–Trinajstić information content (AvgIpc) is 2.97. The third-order valence-corrected chi connectivity index (χ3v) is 6.86. The van der Waals surface area contributed by atoms with Gasteiger partial charge < -0.3 is 19.9 Å². The molecule has 0 aromatic heterocycles. The summed E-state index contributed by atoms with van der Waals surface area (Å²) in [5.74, 6) is -0.305. The Morgan fingerprint density at radius 1 is 0.923 bits per heavy atom. The number of piperidine rings is 1. The molecule has 2 N–H and O–H groups in total. The van der Waals surface area contributed by atoms with Gasteiger partial charge in [-0.1, -0.05) is 54.6 Å². The van der Waals surface area contributed by atoms with E-state index in [0.29, 0.717) is 24.2 Å². The van der Waals surface area contributed by atoms with E-state index in [4.69, 9.17) is 4.74 Å². The van der Waals surface area contributed by atoms with Crippen LogP contribution in [-0.4, -0.2) is 73.6 Å². The van der Waals surface area contributed by atoms with Crippen molar-refractivity contribution in [3.63, 3.8) is 0 Å². The second-order valence-electron chi connectivity index (χ2n) is 9.65. The van der Waals surface area contributed by atoms with Crippen LogP contribution in [0.25, 0.3) is 11.1 Å².